The van der Waals surface area contributed by atoms with E-state index in [0.717, 1.165) is 24.2 Å². The second-order valence-corrected chi connectivity index (χ2v) is 4.43. The molecule has 0 fully saturated rings. The number of nitrogens with zero attached hydrogens (tertiary/aromatic N) is 2. The van der Waals surface area contributed by atoms with Crippen molar-refractivity contribution in [2.45, 2.75) is 53.0 Å². The van der Waals surface area contributed by atoms with Crippen molar-refractivity contribution < 1.29 is 5.11 Å². The first-order valence-corrected chi connectivity index (χ1v) is 6.30. The molecule has 0 radical (unpaired) electrons. The fraction of sp³-hybridized carbons (Fsp3) is 0.692. The molecule has 1 aromatic rings. The molecule has 0 atom stereocenters. The van der Waals surface area contributed by atoms with E-state index in [1.165, 1.54) is 0 Å². The highest BCUT2D eigenvalue weighted by Crippen LogP contribution is 2.12. The Morgan fingerprint density at radius 1 is 1.29 bits per heavy atom. The van der Waals surface area contributed by atoms with E-state index in [1.807, 2.05) is 27.7 Å². The van der Waals surface area contributed by atoms with Crippen LogP contribution in [0.5, 0.6) is 0 Å². The summed E-state index contributed by atoms with van der Waals surface area (Å²) in [7, 11) is 0. The van der Waals surface area contributed by atoms with E-state index in [1.54, 1.807) is 4.57 Å². The molecular weight excluding hydrogens is 216 g/mol. The van der Waals surface area contributed by atoms with Crippen LogP contribution in [-0.2, 0) is 19.4 Å². The highest BCUT2D eigenvalue weighted by molar-refractivity contribution is 5.18. The SMILES string of the molecule is CCc1nc(C(C)C)c(=O)n(CCO)c1CC. The molecule has 4 heteroatoms. The van der Waals surface area contributed by atoms with Gasteiger partial charge in [0.05, 0.1) is 12.3 Å². The Hall–Kier alpha value is -1.16. The van der Waals surface area contributed by atoms with Crippen LogP contribution >= 0.6 is 0 Å². The number of aromatic nitrogens is 2. The van der Waals surface area contributed by atoms with Gasteiger partial charge in [-0.25, -0.2) is 0 Å². The van der Waals surface area contributed by atoms with Gasteiger partial charge in [-0.3, -0.25) is 9.78 Å². The predicted molar refractivity (Wildman–Crippen MR) is 68.4 cm³/mol. The summed E-state index contributed by atoms with van der Waals surface area (Å²) < 4.78 is 1.68. The Bertz CT molecular complexity index is 436. The zero-order valence-electron chi connectivity index (χ0n) is 11.2. The van der Waals surface area contributed by atoms with Crippen molar-refractivity contribution in [3.63, 3.8) is 0 Å². The lowest BCUT2D eigenvalue weighted by atomic mass is 10.1. The highest BCUT2D eigenvalue weighted by Gasteiger charge is 2.15. The van der Waals surface area contributed by atoms with Crippen LogP contribution in [0.4, 0.5) is 0 Å². The smallest absolute Gasteiger partial charge is 0.272 e. The maximum Gasteiger partial charge on any atom is 0.272 e. The van der Waals surface area contributed by atoms with Crippen molar-refractivity contribution in [3.05, 3.63) is 27.4 Å². The van der Waals surface area contributed by atoms with E-state index in [2.05, 4.69) is 4.98 Å². The van der Waals surface area contributed by atoms with Gasteiger partial charge in [0.1, 0.15) is 5.69 Å². The molecular formula is C13H22N2O2. The van der Waals surface area contributed by atoms with E-state index >= 15 is 0 Å². The number of aliphatic hydroxyl groups excluding tert-OH is 1. The Morgan fingerprint density at radius 2 is 1.94 bits per heavy atom. The van der Waals surface area contributed by atoms with Crippen LogP contribution < -0.4 is 5.56 Å². The lowest BCUT2D eigenvalue weighted by Crippen LogP contribution is -2.31. The van der Waals surface area contributed by atoms with Gasteiger partial charge < -0.3 is 9.67 Å². The molecule has 0 unspecified atom stereocenters. The van der Waals surface area contributed by atoms with E-state index in [9.17, 15) is 4.79 Å². The van der Waals surface area contributed by atoms with Gasteiger partial charge in [-0.1, -0.05) is 27.7 Å². The zero-order chi connectivity index (χ0) is 13.0. The fourth-order valence-electron chi connectivity index (χ4n) is 2.06. The molecule has 1 aromatic heterocycles. The van der Waals surface area contributed by atoms with Crippen molar-refractivity contribution in [1.82, 2.24) is 9.55 Å². The minimum atomic E-state index is -0.0527. The Morgan fingerprint density at radius 3 is 2.35 bits per heavy atom. The van der Waals surface area contributed by atoms with Gasteiger partial charge in [-0.2, -0.15) is 0 Å². The first kappa shape index (κ1) is 13.9. The largest absolute Gasteiger partial charge is 0.395 e. The summed E-state index contributed by atoms with van der Waals surface area (Å²) >= 11 is 0. The highest BCUT2D eigenvalue weighted by atomic mass is 16.3. The van der Waals surface area contributed by atoms with Crippen molar-refractivity contribution in [2.75, 3.05) is 6.61 Å². The number of aliphatic hydroxyl groups is 1. The van der Waals surface area contributed by atoms with Crippen molar-refractivity contribution in [1.29, 1.82) is 0 Å². The monoisotopic (exact) mass is 238 g/mol. The average Bonchev–Trinajstić information content (AvgIpc) is 2.31. The second-order valence-electron chi connectivity index (χ2n) is 4.43. The van der Waals surface area contributed by atoms with Gasteiger partial charge in [0.15, 0.2) is 0 Å². The van der Waals surface area contributed by atoms with Crippen molar-refractivity contribution in [3.8, 4) is 0 Å². The standard InChI is InChI=1S/C13H22N2O2/c1-5-10-11(6-2)15(7-8-16)13(17)12(14-10)9(3)4/h9,16H,5-8H2,1-4H3. The summed E-state index contributed by atoms with van der Waals surface area (Å²) in [5.74, 6) is 0.114. The molecule has 0 saturated heterocycles. The van der Waals surface area contributed by atoms with E-state index in [-0.39, 0.29) is 18.1 Å². The lowest BCUT2D eigenvalue weighted by Gasteiger charge is -2.17. The van der Waals surface area contributed by atoms with Crippen molar-refractivity contribution >= 4 is 0 Å². The quantitative estimate of drug-likeness (QED) is 0.845. The average molecular weight is 238 g/mol. The first-order valence-electron chi connectivity index (χ1n) is 6.30. The Balaban J connectivity index is 3.51. The summed E-state index contributed by atoms with van der Waals surface area (Å²) in [6.45, 7) is 8.34. The van der Waals surface area contributed by atoms with Crippen LogP contribution in [0.3, 0.4) is 0 Å². The first-order chi connectivity index (χ1) is 8.06. The molecule has 0 bridgehead atoms. The van der Waals surface area contributed by atoms with Crippen LogP contribution in [0, 0.1) is 0 Å². The third-order valence-electron chi connectivity index (χ3n) is 2.92. The maximum absolute atomic E-state index is 12.2. The zero-order valence-corrected chi connectivity index (χ0v) is 11.2. The molecule has 17 heavy (non-hydrogen) atoms. The number of aryl methyl sites for hydroxylation is 1. The molecule has 0 aromatic carbocycles. The number of hydrogen-bond acceptors (Lipinski definition) is 3. The molecule has 0 aliphatic rings. The number of rotatable bonds is 5. The molecule has 4 nitrogen and oxygen atoms in total. The third-order valence-corrected chi connectivity index (χ3v) is 2.92. The molecule has 1 heterocycles. The predicted octanol–water partition coefficient (Wildman–Crippen LogP) is 1.48. The van der Waals surface area contributed by atoms with Gasteiger partial charge >= 0.3 is 0 Å². The van der Waals surface area contributed by atoms with Gasteiger partial charge in [-0.05, 0) is 12.8 Å². The Labute approximate surface area is 102 Å². The van der Waals surface area contributed by atoms with E-state index in [0.29, 0.717) is 12.2 Å². The van der Waals surface area contributed by atoms with Crippen LogP contribution in [-0.4, -0.2) is 21.3 Å². The molecule has 1 N–H and O–H groups in total. The summed E-state index contributed by atoms with van der Waals surface area (Å²) in [5.41, 5.74) is 2.48. The van der Waals surface area contributed by atoms with Crippen molar-refractivity contribution in [2.24, 2.45) is 0 Å². The van der Waals surface area contributed by atoms with Gasteiger partial charge in [0, 0.05) is 18.2 Å². The van der Waals surface area contributed by atoms with Gasteiger partial charge in [0.2, 0.25) is 0 Å². The third kappa shape index (κ3) is 2.75. The summed E-state index contributed by atoms with van der Waals surface area (Å²) in [4.78, 5) is 16.7. The minimum Gasteiger partial charge on any atom is -0.395 e. The topological polar surface area (TPSA) is 55.1 Å². The fourth-order valence-corrected chi connectivity index (χ4v) is 2.06. The minimum absolute atomic E-state index is 0.0163. The van der Waals surface area contributed by atoms with Gasteiger partial charge in [-0.15, -0.1) is 0 Å². The normalized spacial score (nSPS) is 11.2. The number of hydrogen-bond donors (Lipinski definition) is 1. The Kier molecular flexibility index (Phi) is 4.87. The molecule has 96 valence electrons. The molecule has 0 spiro atoms. The van der Waals surface area contributed by atoms with Crippen LogP contribution in [0.2, 0.25) is 0 Å². The van der Waals surface area contributed by atoms with Gasteiger partial charge in [0.25, 0.3) is 5.56 Å². The van der Waals surface area contributed by atoms with Crippen LogP contribution in [0.15, 0.2) is 4.79 Å². The van der Waals surface area contributed by atoms with E-state index in [4.69, 9.17) is 5.11 Å². The maximum atomic E-state index is 12.2. The molecule has 1 rings (SSSR count). The summed E-state index contributed by atoms with van der Waals surface area (Å²) in [6, 6.07) is 0. The summed E-state index contributed by atoms with van der Waals surface area (Å²) in [5, 5.41) is 9.08. The van der Waals surface area contributed by atoms with E-state index < -0.39 is 0 Å². The molecule has 0 saturated carbocycles. The second kappa shape index (κ2) is 5.96. The molecule has 0 aliphatic heterocycles. The van der Waals surface area contributed by atoms with Crippen LogP contribution in [0.1, 0.15) is 50.7 Å². The lowest BCUT2D eigenvalue weighted by molar-refractivity contribution is 0.271. The molecule has 0 aliphatic carbocycles. The summed E-state index contributed by atoms with van der Waals surface area (Å²) in [6.07, 6.45) is 1.58. The van der Waals surface area contributed by atoms with Crippen LogP contribution in [0.25, 0.3) is 0 Å². The molecule has 0 amide bonds.